The van der Waals surface area contributed by atoms with Gasteiger partial charge in [-0.15, -0.1) is 0 Å². The van der Waals surface area contributed by atoms with Crippen molar-refractivity contribution in [3.63, 3.8) is 0 Å². The van der Waals surface area contributed by atoms with Crippen molar-refractivity contribution < 1.29 is 13.9 Å². The predicted octanol–water partition coefficient (Wildman–Crippen LogP) is 5.98. The number of carbonyl (C=O) groups excluding carboxylic acids is 1. The number of H-pyrrole nitrogens is 1. The van der Waals surface area contributed by atoms with Gasteiger partial charge in [0.25, 0.3) is 5.91 Å². The van der Waals surface area contributed by atoms with Crippen LogP contribution in [0, 0.1) is 5.82 Å². The molecule has 0 spiro atoms. The lowest BCUT2D eigenvalue weighted by molar-refractivity contribution is 0.102. The van der Waals surface area contributed by atoms with Gasteiger partial charge in [-0.2, -0.15) is 5.10 Å². The Morgan fingerprint density at radius 1 is 1.13 bits per heavy atom. The molecule has 1 aliphatic heterocycles. The van der Waals surface area contributed by atoms with Crippen LogP contribution in [0.1, 0.15) is 42.9 Å². The molecule has 2 aromatic heterocycles. The van der Waals surface area contributed by atoms with Gasteiger partial charge in [0, 0.05) is 54.2 Å². The lowest BCUT2D eigenvalue weighted by Gasteiger charge is -2.37. The summed E-state index contributed by atoms with van der Waals surface area (Å²) < 4.78 is 21.1. The van der Waals surface area contributed by atoms with Crippen LogP contribution < -0.4 is 20.3 Å². The summed E-state index contributed by atoms with van der Waals surface area (Å²) in [5, 5.41) is 14.6. The van der Waals surface area contributed by atoms with Gasteiger partial charge in [0.1, 0.15) is 17.7 Å². The molecule has 198 valence electrons. The first-order valence-corrected chi connectivity index (χ1v) is 13.0. The average molecular weight is 557 g/mol. The number of pyridine rings is 1. The van der Waals surface area contributed by atoms with E-state index in [0.717, 1.165) is 0 Å². The summed E-state index contributed by atoms with van der Waals surface area (Å²) in [5.41, 5.74) is 2.28. The number of piperazine rings is 1. The second-order valence-electron chi connectivity index (χ2n) is 9.55. The summed E-state index contributed by atoms with van der Waals surface area (Å²) in [5.74, 6) is -0.369. The highest BCUT2D eigenvalue weighted by Crippen LogP contribution is 2.33. The van der Waals surface area contributed by atoms with Gasteiger partial charge in [-0.05, 0) is 57.2 Å². The van der Waals surface area contributed by atoms with E-state index in [4.69, 9.17) is 27.9 Å². The molecule has 3 N–H and O–H groups in total. The molecule has 1 fully saturated rings. The largest absolute Gasteiger partial charge is 0.486 e. The smallest absolute Gasteiger partial charge is 0.276 e. The van der Waals surface area contributed by atoms with E-state index >= 15 is 4.39 Å². The first-order chi connectivity index (χ1) is 18.2. The van der Waals surface area contributed by atoms with E-state index in [0.29, 0.717) is 56.7 Å². The van der Waals surface area contributed by atoms with Crippen LogP contribution in [-0.4, -0.2) is 46.3 Å². The average Bonchev–Trinajstić information content (AvgIpc) is 3.27. The lowest BCUT2D eigenvalue weighted by Crippen LogP contribution is -2.54. The molecule has 1 amide bonds. The number of nitrogens with zero attached hydrogens (tertiary/aromatic N) is 3. The fourth-order valence-electron chi connectivity index (χ4n) is 4.87. The molecule has 1 unspecified atom stereocenters. The number of fused-ring (bicyclic) bond motifs is 1. The number of hydrogen-bond acceptors (Lipinski definition) is 6. The van der Waals surface area contributed by atoms with Crippen molar-refractivity contribution in [2.24, 2.45) is 0 Å². The molecule has 8 nitrogen and oxygen atoms in total. The number of rotatable bonds is 6. The summed E-state index contributed by atoms with van der Waals surface area (Å²) in [6.07, 6.45) is 2.54. The van der Waals surface area contributed by atoms with E-state index in [1.165, 1.54) is 18.5 Å². The summed E-state index contributed by atoms with van der Waals surface area (Å²) in [6, 6.07) is 10.5. The molecule has 1 saturated heterocycles. The number of anilines is 2. The maximum atomic E-state index is 15.0. The molecular weight excluding hydrogens is 530 g/mol. The number of halogens is 3. The van der Waals surface area contributed by atoms with E-state index < -0.39 is 17.8 Å². The van der Waals surface area contributed by atoms with Crippen LogP contribution in [0.3, 0.4) is 0 Å². The van der Waals surface area contributed by atoms with Crippen molar-refractivity contribution in [2.45, 2.75) is 39.0 Å². The van der Waals surface area contributed by atoms with Crippen LogP contribution in [0.4, 0.5) is 15.8 Å². The third-order valence-electron chi connectivity index (χ3n) is 6.46. The van der Waals surface area contributed by atoms with E-state index in [2.05, 4.69) is 39.7 Å². The monoisotopic (exact) mass is 556 g/mol. The topological polar surface area (TPSA) is 95.2 Å². The first kappa shape index (κ1) is 26.2. The SMILES string of the molecule is CC(Oc1ccc2[nH]nc(C(=O)Nc3ccc(N4C[C@@H](C)N[C@@H](C)C4)c(F)c3)c2c1)c1c(Cl)cncc1Cl. The molecule has 0 saturated carbocycles. The third kappa shape index (κ3) is 5.41. The van der Waals surface area contributed by atoms with Crippen molar-refractivity contribution in [1.82, 2.24) is 20.5 Å². The fourth-order valence-corrected chi connectivity index (χ4v) is 5.54. The van der Waals surface area contributed by atoms with Gasteiger partial charge >= 0.3 is 0 Å². The molecule has 0 bridgehead atoms. The van der Waals surface area contributed by atoms with Crippen molar-refractivity contribution in [1.29, 1.82) is 0 Å². The van der Waals surface area contributed by atoms with Gasteiger partial charge in [0.15, 0.2) is 5.69 Å². The molecule has 1 aliphatic rings. The zero-order valence-electron chi connectivity index (χ0n) is 21.1. The second kappa shape index (κ2) is 10.8. The van der Waals surface area contributed by atoms with Gasteiger partial charge in [-0.1, -0.05) is 23.2 Å². The Balaban J connectivity index is 1.33. The Kier molecular flexibility index (Phi) is 7.43. The first-order valence-electron chi connectivity index (χ1n) is 12.2. The zero-order chi connectivity index (χ0) is 27.0. The molecule has 0 radical (unpaired) electrons. The van der Waals surface area contributed by atoms with E-state index in [1.54, 1.807) is 30.3 Å². The standard InChI is InChI=1S/C27H27Cl2FN6O2/c1-14-12-36(13-15(2)32-14)24-7-4-17(8-22(24)30)33-27(37)26-19-9-18(5-6-23(19)34-35-26)38-16(3)25-20(28)10-31-11-21(25)29/h4-11,14-16,32H,12-13H2,1-3H3,(H,33,37)(H,34,35)/t14-,15+,16?. The van der Waals surface area contributed by atoms with Crippen molar-refractivity contribution in [3.8, 4) is 5.75 Å². The third-order valence-corrected chi connectivity index (χ3v) is 7.07. The maximum absolute atomic E-state index is 15.0. The highest BCUT2D eigenvalue weighted by Gasteiger charge is 2.24. The second-order valence-corrected chi connectivity index (χ2v) is 10.4. The number of ether oxygens (including phenoxy) is 1. The number of benzene rings is 2. The summed E-state index contributed by atoms with van der Waals surface area (Å²) in [6.45, 7) is 7.37. The van der Waals surface area contributed by atoms with E-state index in [-0.39, 0.29) is 17.8 Å². The molecule has 3 heterocycles. The molecule has 11 heteroatoms. The number of aromatic nitrogens is 3. The normalized spacial score (nSPS) is 18.4. The highest BCUT2D eigenvalue weighted by atomic mass is 35.5. The van der Waals surface area contributed by atoms with Crippen LogP contribution in [0.15, 0.2) is 48.8 Å². The molecule has 4 aromatic rings. The number of carbonyl (C=O) groups is 1. The van der Waals surface area contributed by atoms with Gasteiger partial charge in [0.2, 0.25) is 0 Å². The van der Waals surface area contributed by atoms with Gasteiger partial charge < -0.3 is 20.3 Å². The Hall–Kier alpha value is -3.40. The number of hydrogen-bond donors (Lipinski definition) is 3. The van der Waals surface area contributed by atoms with Crippen molar-refractivity contribution in [3.05, 3.63) is 75.9 Å². The zero-order valence-corrected chi connectivity index (χ0v) is 22.6. The Labute approximate surface area is 229 Å². The van der Waals surface area contributed by atoms with Crippen LogP contribution in [0.5, 0.6) is 5.75 Å². The van der Waals surface area contributed by atoms with E-state index in [9.17, 15) is 4.79 Å². The Bertz CT molecular complexity index is 1470. The maximum Gasteiger partial charge on any atom is 0.276 e. The molecule has 3 atom stereocenters. The molecular formula is C27H27Cl2FN6O2. The van der Waals surface area contributed by atoms with Crippen LogP contribution >= 0.6 is 23.2 Å². The summed E-state index contributed by atoms with van der Waals surface area (Å²) >= 11 is 12.5. The van der Waals surface area contributed by atoms with Crippen molar-refractivity contribution >= 4 is 51.4 Å². The number of nitrogens with one attached hydrogen (secondary N) is 3. The predicted molar refractivity (Wildman–Crippen MR) is 148 cm³/mol. The minimum Gasteiger partial charge on any atom is -0.486 e. The molecule has 5 rings (SSSR count). The number of amides is 1. The number of aromatic amines is 1. The van der Waals surface area contributed by atoms with Crippen LogP contribution in [0.2, 0.25) is 10.0 Å². The van der Waals surface area contributed by atoms with Crippen molar-refractivity contribution in [2.75, 3.05) is 23.3 Å². The summed E-state index contributed by atoms with van der Waals surface area (Å²) in [7, 11) is 0. The summed E-state index contributed by atoms with van der Waals surface area (Å²) in [4.78, 5) is 19.1. The van der Waals surface area contributed by atoms with Gasteiger partial charge in [0.05, 0.1) is 21.2 Å². The van der Waals surface area contributed by atoms with Gasteiger partial charge in [-0.3, -0.25) is 14.9 Å². The highest BCUT2D eigenvalue weighted by molar-refractivity contribution is 6.35. The lowest BCUT2D eigenvalue weighted by atomic mass is 10.1. The Morgan fingerprint density at radius 2 is 1.84 bits per heavy atom. The van der Waals surface area contributed by atoms with Crippen LogP contribution in [-0.2, 0) is 0 Å². The molecule has 0 aliphatic carbocycles. The fraction of sp³-hybridized carbons (Fsp3) is 0.296. The Morgan fingerprint density at radius 3 is 2.53 bits per heavy atom. The minimum atomic E-state index is -0.474. The quantitative estimate of drug-likeness (QED) is 0.270. The molecule has 38 heavy (non-hydrogen) atoms. The molecule has 2 aromatic carbocycles. The van der Waals surface area contributed by atoms with E-state index in [1.807, 2.05) is 11.8 Å². The minimum absolute atomic E-state index is 0.160. The van der Waals surface area contributed by atoms with Crippen LogP contribution in [0.25, 0.3) is 10.9 Å². The van der Waals surface area contributed by atoms with Gasteiger partial charge in [-0.25, -0.2) is 4.39 Å².